The monoisotopic (exact) mass is 210 g/mol. The van der Waals surface area contributed by atoms with Crippen molar-refractivity contribution in [2.45, 2.75) is 12.6 Å². The van der Waals surface area contributed by atoms with Gasteiger partial charge >= 0.3 is 6.18 Å². The van der Waals surface area contributed by atoms with Gasteiger partial charge in [-0.15, -0.1) is 0 Å². The summed E-state index contributed by atoms with van der Waals surface area (Å²) < 4.78 is 37.2. The zero-order chi connectivity index (χ0) is 11.3. The summed E-state index contributed by atoms with van der Waals surface area (Å²) in [4.78, 5) is 3.55. The summed E-state index contributed by atoms with van der Waals surface area (Å²) in [7, 11) is 0. The van der Waals surface area contributed by atoms with E-state index >= 15 is 0 Å². The number of aromatic nitrogens is 1. The van der Waals surface area contributed by atoms with Crippen molar-refractivity contribution in [1.29, 1.82) is 5.26 Å². The SMILES string of the molecule is N#CCC#Cc1cnccc1C(F)(F)F. The van der Waals surface area contributed by atoms with Crippen LogP contribution in [0.5, 0.6) is 0 Å². The molecule has 0 aliphatic carbocycles. The van der Waals surface area contributed by atoms with Gasteiger partial charge in [-0.05, 0) is 6.07 Å². The van der Waals surface area contributed by atoms with Gasteiger partial charge in [-0.1, -0.05) is 11.8 Å². The fourth-order valence-electron chi connectivity index (χ4n) is 0.920. The molecule has 0 saturated heterocycles. The second-order valence-corrected chi connectivity index (χ2v) is 2.56. The third-order valence-electron chi connectivity index (χ3n) is 1.52. The molecular formula is C10H5F3N2. The maximum atomic E-state index is 12.4. The highest BCUT2D eigenvalue weighted by atomic mass is 19.4. The van der Waals surface area contributed by atoms with E-state index in [0.717, 1.165) is 18.5 Å². The van der Waals surface area contributed by atoms with Gasteiger partial charge in [0.15, 0.2) is 0 Å². The molecule has 2 nitrogen and oxygen atoms in total. The Hall–Kier alpha value is -2.01. The molecule has 1 rings (SSSR count). The van der Waals surface area contributed by atoms with E-state index in [1.807, 2.05) is 0 Å². The highest BCUT2D eigenvalue weighted by Gasteiger charge is 2.32. The third kappa shape index (κ3) is 2.99. The van der Waals surface area contributed by atoms with Gasteiger partial charge in [0.25, 0.3) is 0 Å². The number of hydrogen-bond donors (Lipinski definition) is 0. The van der Waals surface area contributed by atoms with E-state index < -0.39 is 11.7 Å². The smallest absolute Gasteiger partial charge is 0.263 e. The fourth-order valence-corrected chi connectivity index (χ4v) is 0.920. The molecule has 0 bridgehead atoms. The van der Waals surface area contributed by atoms with Gasteiger partial charge in [0, 0.05) is 12.4 Å². The molecule has 0 saturated carbocycles. The first kappa shape index (κ1) is 11.1. The van der Waals surface area contributed by atoms with Gasteiger partial charge in [0.2, 0.25) is 0 Å². The van der Waals surface area contributed by atoms with Crippen LogP contribution in [0.25, 0.3) is 0 Å². The van der Waals surface area contributed by atoms with Crippen molar-refractivity contribution in [2.24, 2.45) is 0 Å². The van der Waals surface area contributed by atoms with Gasteiger partial charge in [0.05, 0.1) is 23.6 Å². The van der Waals surface area contributed by atoms with Crippen molar-refractivity contribution in [3.63, 3.8) is 0 Å². The quantitative estimate of drug-likeness (QED) is 0.616. The zero-order valence-corrected chi connectivity index (χ0v) is 7.47. The van der Waals surface area contributed by atoms with Gasteiger partial charge in [-0.3, -0.25) is 4.98 Å². The number of nitrogens with zero attached hydrogens (tertiary/aromatic N) is 2. The summed E-state index contributed by atoms with van der Waals surface area (Å²) in [6.07, 6.45) is -2.46. The minimum atomic E-state index is -4.44. The molecule has 0 aliphatic rings. The van der Waals surface area contributed by atoms with Crippen molar-refractivity contribution < 1.29 is 13.2 Å². The lowest BCUT2D eigenvalue weighted by Gasteiger charge is -2.07. The number of nitriles is 1. The number of halogens is 3. The van der Waals surface area contributed by atoms with Gasteiger partial charge in [-0.2, -0.15) is 18.4 Å². The lowest BCUT2D eigenvalue weighted by Crippen LogP contribution is -2.07. The summed E-state index contributed by atoms with van der Waals surface area (Å²) in [5.74, 6) is 4.58. The Morgan fingerprint density at radius 1 is 1.40 bits per heavy atom. The molecule has 5 heteroatoms. The topological polar surface area (TPSA) is 36.7 Å². The molecule has 0 unspecified atom stereocenters. The molecule has 0 spiro atoms. The molecule has 0 atom stereocenters. The summed E-state index contributed by atoms with van der Waals surface area (Å²) in [5.41, 5.74) is -1.04. The Kier molecular flexibility index (Phi) is 3.30. The van der Waals surface area contributed by atoms with Crippen molar-refractivity contribution in [3.05, 3.63) is 29.6 Å². The first-order chi connectivity index (χ1) is 7.05. The molecule has 0 aliphatic heterocycles. The van der Waals surface area contributed by atoms with Gasteiger partial charge in [-0.25, -0.2) is 0 Å². The Labute approximate surface area is 84.4 Å². The van der Waals surface area contributed by atoms with Crippen molar-refractivity contribution >= 4 is 0 Å². The van der Waals surface area contributed by atoms with Crippen LogP contribution in [-0.4, -0.2) is 4.98 Å². The summed E-state index contributed by atoms with van der Waals surface area (Å²) >= 11 is 0. The lowest BCUT2D eigenvalue weighted by atomic mass is 10.1. The first-order valence-corrected chi connectivity index (χ1v) is 3.92. The van der Waals surface area contributed by atoms with Crippen LogP contribution < -0.4 is 0 Å². The minimum absolute atomic E-state index is 0.105. The second-order valence-electron chi connectivity index (χ2n) is 2.56. The molecule has 0 fully saturated rings. The summed E-state index contributed by atoms with van der Waals surface area (Å²) in [5, 5.41) is 8.18. The summed E-state index contributed by atoms with van der Waals surface area (Å²) in [6, 6.07) is 2.58. The standard InChI is InChI=1S/C10H5F3N2/c11-10(12,13)9-4-6-15-7-8(9)3-1-2-5-14/h4,6-7H,2H2. The fraction of sp³-hybridized carbons (Fsp3) is 0.200. The molecule has 0 N–H and O–H groups in total. The molecule has 15 heavy (non-hydrogen) atoms. The zero-order valence-electron chi connectivity index (χ0n) is 7.47. The van der Waals surface area contributed by atoms with Gasteiger partial charge in [0.1, 0.15) is 0 Å². The Bertz CT molecular complexity index is 446. The van der Waals surface area contributed by atoms with E-state index in [2.05, 4.69) is 16.8 Å². The van der Waals surface area contributed by atoms with Crippen molar-refractivity contribution in [2.75, 3.05) is 0 Å². The number of hydrogen-bond acceptors (Lipinski definition) is 2. The van der Waals surface area contributed by atoms with Gasteiger partial charge < -0.3 is 0 Å². The van der Waals surface area contributed by atoms with Crippen LogP contribution in [0.1, 0.15) is 17.5 Å². The summed E-state index contributed by atoms with van der Waals surface area (Å²) in [6.45, 7) is 0. The van der Waals surface area contributed by atoms with E-state index in [1.54, 1.807) is 6.07 Å². The Balaban J connectivity index is 3.11. The lowest BCUT2D eigenvalue weighted by molar-refractivity contribution is -0.137. The highest BCUT2D eigenvalue weighted by Crippen LogP contribution is 2.30. The molecule has 0 radical (unpaired) electrons. The van der Waals surface area contributed by atoms with Crippen LogP contribution in [0, 0.1) is 23.2 Å². The minimum Gasteiger partial charge on any atom is -0.263 e. The average molecular weight is 210 g/mol. The van der Waals surface area contributed by atoms with Crippen LogP contribution >= 0.6 is 0 Å². The van der Waals surface area contributed by atoms with Crippen LogP contribution in [-0.2, 0) is 6.18 Å². The molecule has 1 heterocycles. The molecule has 1 aromatic heterocycles. The molecule has 0 aromatic carbocycles. The van der Waals surface area contributed by atoms with Crippen LogP contribution in [0.2, 0.25) is 0 Å². The average Bonchev–Trinajstić information content (AvgIpc) is 2.17. The largest absolute Gasteiger partial charge is 0.417 e. The Morgan fingerprint density at radius 3 is 2.73 bits per heavy atom. The maximum Gasteiger partial charge on any atom is 0.417 e. The third-order valence-corrected chi connectivity index (χ3v) is 1.52. The molecular weight excluding hydrogens is 205 g/mol. The molecule has 0 amide bonds. The van der Waals surface area contributed by atoms with E-state index in [9.17, 15) is 13.2 Å². The highest BCUT2D eigenvalue weighted by molar-refractivity contribution is 5.40. The van der Waals surface area contributed by atoms with Crippen LogP contribution in [0.3, 0.4) is 0 Å². The number of alkyl halides is 3. The van der Waals surface area contributed by atoms with Crippen molar-refractivity contribution in [3.8, 4) is 17.9 Å². The Morgan fingerprint density at radius 2 is 2.13 bits per heavy atom. The van der Waals surface area contributed by atoms with Crippen molar-refractivity contribution in [1.82, 2.24) is 4.98 Å². The normalized spacial score (nSPS) is 10.0. The predicted molar refractivity (Wildman–Crippen MR) is 46.3 cm³/mol. The van der Waals surface area contributed by atoms with E-state index in [-0.39, 0.29) is 12.0 Å². The van der Waals surface area contributed by atoms with Crippen LogP contribution in [0.15, 0.2) is 18.5 Å². The first-order valence-electron chi connectivity index (χ1n) is 3.92. The molecule has 76 valence electrons. The molecule has 1 aromatic rings. The number of pyridine rings is 1. The number of rotatable bonds is 0. The predicted octanol–water partition coefficient (Wildman–Crippen LogP) is 2.37. The second kappa shape index (κ2) is 4.47. The van der Waals surface area contributed by atoms with Crippen LogP contribution in [0.4, 0.5) is 13.2 Å². The maximum absolute atomic E-state index is 12.4. The van der Waals surface area contributed by atoms with E-state index in [4.69, 9.17) is 5.26 Å². The van der Waals surface area contributed by atoms with E-state index in [1.165, 1.54) is 0 Å². The van der Waals surface area contributed by atoms with E-state index in [0.29, 0.717) is 0 Å².